The van der Waals surface area contributed by atoms with Gasteiger partial charge < -0.3 is 5.32 Å². The van der Waals surface area contributed by atoms with Crippen LogP contribution in [0.5, 0.6) is 0 Å². The van der Waals surface area contributed by atoms with Gasteiger partial charge in [0.1, 0.15) is 0 Å². The second-order valence-corrected chi connectivity index (χ2v) is 5.61. The number of hydrogen-bond donors (Lipinski definition) is 1. The Bertz CT molecular complexity index is 389. The molecule has 0 radical (unpaired) electrons. The minimum absolute atomic E-state index is 0.504. The van der Waals surface area contributed by atoms with Gasteiger partial charge in [-0.15, -0.1) is 0 Å². The summed E-state index contributed by atoms with van der Waals surface area (Å²) in [6.45, 7) is 11.4. The summed E-state index contributed by atoms with van der Waals surface area (Å²) in [5.74, 6) is 0. The predicted molar refractivity (Wildman–Crippen MR) is 88.4 cm³/mol. The van der Waals surface area contributed by atoms with Crippen molar-refractivity contribution in [1.29, 1.82) is 0 Å². The van der Waals surface area contributed by atoms with E-state index in [1.807, 2.05) is 24.3 Å². The molecule has 20 heavy (non-hydrogen) atoms. The highest BCUT2D eigenvalue weighted by Crippen LogP contribution is 2.18. The topological polar surface area (TPSA) is 16.4 Å². The van der Waals surface area contributed by atoms with Gasteiger partial charge in [0.2, 0.25) is 0 Å². The van der Waals surface area contributed by atoms with Crippen LogP contribution in [0, 0.1) is 6.57 Å². The minimum Gasteiger partial charge on any atom is -0.383 e. The van der Waals surface area contributed by atoms with E-state index in [9.17, 15) is 0 Å². The largest absolute Gasteiger partial charge is 0.383 e. The fraction of sp³-hybridized carbons (Fsp3) is 0.611. The van der Waals surface area contributed by atoms with Crippen LogP contribution in [0.4, 0.5) is 11.4 Å². The first-order valence-electron chi connectivity index (χ1n) is 8.00. The number of benzene rings is 1. The van der Waals surface area contributed by atoms with Gasteiger partial charge in [-0.05, 0) is 25.5 Å². The van der Waals surface area contributed by atoms with E-state index in [2.05, 4.69) is 24.0 Å². The lowest BCUT2D eigenvalue weighted by Crippen LogP contribution is -2.14. The molecule has 0 heterocycles. The molecule has 1 atom stereocenters. The fourth-order valence-corrected chi connectivity index (χ4v) is 2.40. The second-order valence-electron chi connectivity index (χ2n) is 5.61. The van der Waals surface area contributed by atoms with Crippen LogP contribution >= 0.6 is 0 Å². The average Bonchev–Trinajstić information content (AvgIpc) is 2.47. The molecule has 2 nitrogen and oxygen atoms in total. The van der Waals surface area contributed by atoms with E-state index in [1.165, 1.54) is 51.4 Å². The van der Waals surface area contributed by atoms with Crippen LogP contribution < -0.4 is 5.32 Å². The van der Waals surface area contributed by atoms with Crippen molar-refractivity contribution in [3.8, 4) is 0 Å². The first-order valence-corrected chi connectivity index (χ1v) is 8.00. The Morgan fingerprint density at radius 1 is 1.00 bits per heavy atom. The van der Waals surface area contributed by atoms with Gasteiger partial charge in [-0.1, -0.05) is 64.0 Å². The molecule has 0 aliphatic rings. The van der Waals surface area contributed by atoms with E-state index in [-0.39, 0.29) is 0 Å². The summed E-state index contributed by atoms with van der Waals surface area (Å²) in [4.78, 5) is 3.40. The van der Waals surface area contributed by atoms with Crippen molar-refractivity contribution in [1.82, 2.24) is 0 Å². The molecule has 0 aliphatic carbocycles. The third kappa shape index (κ3) is 7.19. The van der Waals surface area contributed by atoms with E-state index in [4.69, 9.17) is 6.57 Å². The maximum atomic E-state index is 6.93. The third-order valence-corrected chi connectivity index (χ3v) is 3.65. The van der Waals surface area contributed by atoms with Crippen LogP contribution in [0.3, 0.4) is 0 Å². The summed E-state index contributed by atoms with van der Waals surface area (Å²) >= 11 is 0. The maximum Gasteiger partial charge on any atom is 0.187 e. The molecule has 0 saturated carbocycles. The Labute approximate surface area is 124 Å². The van der Waals surface area contributed by atoms with E-state index in [0.717, 1.165) is 5.69 Å². The van der Waals surface area contributed by atoms with E-state index in [1.54, 1.807) is 0 Å². The van der Waals surface area contributed by atoms with Gasteiger partial charge >= 0.3 is 0 Å². The van der Waals surface area contributed by atoms with E-state index >= 15 is 0 Å². The zero-order valence-corrected chi connectivity index (χ0v) is 13.0. The molecular weight excluding hydrogens is 244 g/mol. The standard InChI is InChI=1S/C18H28N2/c1-4-5-6-7-8-9-10-11-16(2)20-18-14-12-17(19-3)13-15-18/h12-16,20H,4-11H2,1-2H3. The molecule has 110 valence electrons. The zero-order chi connectivity index (χ0) is 14.6. The second kappa shape index (κ2) is 10.3. The first kappa shape index (κ1) is 16.6. The molecular formula is C18H28N2. The summed E-state index contributed by atoms with van der Waals surface area (Å²) in [6, 6.07) is 8.24. The summed E-state index contributed by atoms with van der Waals surface area (Å²) < 4.78 is 0. The molecule has 1 unspecified atom stereocenters. The molecule has 0 aliphatic heterocycles. The smallest absolute Gasteiger partial charge is 0.187 e. The van der Waals surface area contributed by atoms with Gasteiger partial charge in [0.05, 0.1) is 6.57 Å². The highest BCUT2D eigenvalue weighted by molar-refractivity contribution is 5.54. The quantitative estimate of drug-likeness (QED) is 0.397. The van der Waals surface area contributed by atoms with E-state index in [0.29, 0.717) is 11.7 Å². The molecule has 1 aromatic rings. The molecule has 0 bridgehead atoms. The molecule has 2 heteroatoms. The monoisotopic (exact) mass is 272 g/mol. The summed E-state index contributed by atoms with van der Waals surface area (Å²) in [5.41, 5.74) is 1.82. The maximum absolute atomic E-state index is 6.93. The Morgan fingerprint density at radius 3 is 2.20 bits per heavy atom. The third-order valence-electron chi connectivity index (χ3n) is 3.65. The fourth-order valence-electron chi connectivity index (χ4n) is 2.40. The highest BCUT2D eigenvalue weighted by Gasteiger charge is 2.02. The van der Waals surface area contributed by atoms with Crippen molar-refractivity contribution in [2.24, 2.45) is 0 Å². The van der Waals surface area contributed by atoms with Crippen molar-refractivity contribution >= 4 is 11.4 Å². The van der Waals surface area contributed by atoms with Crippen molar-refractivity contribution in [3.63, 3.8) is 0 Å². The van der Waals surface area contributed by atoms with Gasteiger partial charge in [0.25, 0.3) is 0 Å². The van der Waals surface area contributed by atoms with Gasteiger partial charge in [0.15, 0.2) is 5.69 Å². The molecule has 1 aromatic carbocycles. The lowest BCUT2D eigenvalue weighted by molar-refractivity contribution is 0.558. The molecule has 1 rings (SSSR count). The van der Waals surface area contributed by atoms with E-state index < -0.39 is 0 Å². The molecule has 0 aromatic heterocycles. The van der Waals surface area contributed by atoms with Crippen LogP contribution in [-0.2, 0) is 0 Å². The highest BCUT2D eigenvalue weighted by atomic mass is 14.9. The van der Waals surface area contributed by atoms with Crippen LogP contribution in [0.25, 0.3) is 4.85 Å². The number of nitrogens with one attached hydrogen (secondary N) is 1. The number of anilines is 1. The van der Waals surface area contributed by atoms with Gasteiger partial charge in [0, 0.05) is 11.7 Å². The summed E-state index contributed by atoms with van der Waals surface area (Å²) in [6.07, 6.45) is 10.8. The van der Waals surface area contributed by atoms with Crippen molar-refractivity contribution in [2.45, 2.75) is 71.3 Å². The molecule has 0 fully saturated rings. The lowest BCUT2D eigenvalue weighted by Gasteiger charge is -2.15. The Hall–Kier alpha value is -1.49. The normalized spacial score (nSPS) is 11.8. The van der Waals surface area contributed by atoms with Gasteiger partial charge in [-0.3, -0.25) is 0 Å². The summed E-state index contributed by atoms with van der Waals surface area (Å²) in [7, 11) is 0. The predicted octanol–water partition coefficient (Wildman–Crippen LogP) is 6.18. The Kier molecular flexibility index (Phi) is 8.54. The Balaban J connectivity index is 2.10. The van der Waals surface area contributed by atoms with Crippen LogP contribution in [0.15, 0.2) is 24.3 Å². The minimum atomic E-state index is 0.504. The zero-order valence-electron chi connectivity index (χ0n) is 13.0. The molecule has 0 amide bonds. The average molecular weight is 272 g/mol. The first-order chi connectivity index (χ1) is 9.76. The lowest BCUT2D eigenvalue weighted by atomic mass is 10.1. The van der Waals surface area contributed by atoms with Crippen LogP contribution in [0.1, 0.15) is 65.2 Å². The van der Waals surface area contributed by atoms with Crippen molar-refractivity contribution in [2.75, 3.05) is 5.32 Å². The van der Waals surface area contributed by atoms with Crippen LogP contribution in [-0.4, -0.2) is 6.04 Å². The molecule has 0 saturated heterocycles. The number of unbranched alkanes of at least 4 members (excludes halogenated alkanes) is 6. The Morgan fingerprint density at radius 2 is 1.60 bits per heavy atom. The number of hydrogen-bond acceptors (Lipinski definition) is 1. The van der Waals surface area contributed by atoms with Gasteiger partial charge in [-0.25, -0.2) is 4.85 Å². The number of rotatable bonds is 10. The van der Waals surface area contributed by atoms with Crippen molar-refractivity contribution < 1.29 is 0 Å². The number of nitrogens with zero attached hydrogens (tertiary/aromatic N) is 1. The molecule has 1 N–H and O–H groups in total. The SMILES string of the molecule is [C-]#[N+]c1ccc(NC(C)CCCCCCCCC)cc1. The van der Waals surface area contributed by atoms with Crippen molar-refractivity contribution in [3.05, 3.63) is 35.7 Å². The van der Waals surface area contributed by atoms with Crippen LogP contribution in [0.2, 0.25) is 0 Å². The summed E-state index contributed by atoms with van der Waals surface area (Å²) in [5, 5.41) is 3.50. The van der Waals surface area contributed by atoms with Gasteiger partial charge in [-0.2, -0.15) is 0 Å². The molecule has 0 spiro atoms.